The van der Waals surface area contributed by atoms with Crippen LogP contribution in [-0.2, 0) is 4.79 Å². The van der Waals surface area contributed by atoms with Crippen LogP contribution in [0.25, 0.3) is 6.08 Å². The van der Waals surface area contributed by atoms with E-state index in [0.717, 1.165) is 12.8 Å². The maximum absolute atomic E-state index is 14.0. The summed E-state index contributed by atoms with van der Waals surface area (Å²) < 4.78 is 33.4. The molecule has 4 nitrogen and oxygen atoms in total. The van der Waals surface area contributed by atoms with Gasteiger partial charge in [-0.25, -0.2) is 8.78 Å². The normalized spacial score (nSPS) is 13.5. The highest BCUT2D eigenvalue weighted by molar-refractivity contribution is 6.32. The molecule has 0 heterocycles. The van der Waals surface area contributed by atoms with Crippen LogP contribution in [0.5, 0.6) is 11.5 Å². The molecule has 0 aliphatic heterocycles. The average molecular weight is 454 g/mol. The van der Waals surface area contributed by atoms with E-state index in [-0.39, 0.29) is 33.7 Å². The number of allylic oxidation sites excluding steroid dienone is 1. The molecule has 3 aromatic carbocycles. The number of benzene rings is 3. The minimum atomic E-state index is -0.697. The number of carbonyl (C=O) groups excluding carboxylic acids is 2. The minimum absolute atomic E-state index is 0.0841. The van der Waals surface area contributed by atoms with E-state index in [0.29, 0.717) is 11.3 Å². The fourth-order valence-electron chi connectivity index (χ4n) is 3.07. The van der Waals surface area contributed by atoms with E-state index in [2.05, 4.69) is 5.32 Å². The van der Waals surface area contributed by atoms with Gasteiger partial charge in [0.05, 0.1) is 16.3 Å². The van der Waals surface area contributed by atoms with Gasteiger partial charge in [-0.15, -0.1) is 0 Å². The third-order valence-corrected chi connectivity index (χ3v) is 5.21. The highest BCUT2D eigenvalue weighted by Gasteiger charge is 2.32. The van der Waals surface area contributed by atoms with Crippen molar-refractivity contribution in [2.75, 3.05) is 0 Å². The summed E-state index contributed by atoms with van der Waals surface area (Å²) in [5.74, 6) is -2.04. The first-order chi connectivity index (χ1) is 15.4. The molecule has 7 heteroatoms. The molecular weight excluding hydrogens is 436 g/mol. The molecule has 1 amide bonds. The number of Topliss-reactive ketones (excluding diaryl/α,β-unsaturated/α-hetero) is 1. The number of hydrogen-bond donors (Lipinski definition) is 1. The fraction of sp³-hybridized carbons (Fsp3) is 0.120. The van der Waals surface area contributed by atoms with Crippen LogP contribution >= 0.6 is 11.6 Å². The van der Waals surface area contributed by atoms with Crippen LogP contribution in [0, 0.1) is 17.6 Å². The number of rotatable bonds is 7. The van der Waals surface area contributed by atoms with Crippen molar-refractivity contribution < 1.29 is 23.1 Å². The Morgan fingerprint density at radius 1 is 0.938 bits per heavy atom. The molecule has 0 saturated heterocycles. The summed E-state index contributed by atoms with van der Waals surface area (Å²) in [4.78, 5) is 25.2. The van der Waals surface area contributed by atoms with Crippen LogP contribution in [0.1, 0.15) is 28.8 Å². The number of ketones is 1. The van der Waals surface area contributed by atoms with E-state index in [1.807, 2.05) is 0 Å². The van der Waals surface area contributed by atoms with E-state index >= 15 is 0 Å². The van der Waals surface area contributed by atoms with E-state index < -0.39 is 17.5 Å². The third-order valence-electron chi connectivity index (χ3n) is 4.91. The Labute approximate surface area is 188 Å². The Hall–Kier alpha value is -3.51. The number of hydrogen-bond acceptors (Lipinski definition) is 3. The van der Waals surface area contributed by atoms with Crippen molar-refractivity contribution >= 4 is 29.4 Å². The van der Waals surface area contributed by atoms with Crippen molar-refractivity contribution in [2.24, 2.45) is 5.92 Å². The Kier molecular flexibility index (Phi) is 6.32. The first-order valence-corrected chi connectivity index (χ1v) is 10.3. The van der Waals surface area contributed by atoms with Gasteiger partial charge in [0.15, 0.2) is 17.3 Å². The van der Waals surface area contributed by atoms with Crippen LogP contribution in [0.2, 0.25) is 5.02 Å². The van der Waals surface area contributed by atoms with E-state index in [1.54, 1.807) is 30.3 Å². The Bertz CT molecular complexity index is 1180. The predicted molar refractivity (Wildman–Crippen MR) is 118 cm³/mol. The van der Waals surface area contributed by atoms with Gasteiger partial charge in [0.1, 0.15) is 11.6 Å². The second kappa shape index (κ2) is 9.32. The predicted octanol–water partition coefficient (Wildman–Crippen LogP) is 6.16. The van der Waals surface area contributed by atoms with Crippen LogP contribution in [-0.4, -0.2) is 11.7 Å². The van der Waals surface area contributed by atoms with Crippen LogP contribution in [0.4, 0.5) is 8.78 Å². The number of carbonyl (C=O) groups is 2. The van der Waals surface area contributed by atoms with Gasteiger partial charge >= 0.3 is 0 Å². The summed E-state index contributed by atoms with van der Waals surface area (Å²) in [6, 6.07) is 16.3. The van der Waals surface area contributed by atoms with E-state index in [4.69, 9.17) is 16.3 Å². The van der Waals surface area contributed by atoms with Gasteiger partial charge in [0, 0.05) is 5.92 Å². The van der Waals surface area contributed by atoms with Crippen LogP contribution in [0.15, 0.2) is 72.4 Å². The molecule has 0 bridgehead atoms. The lowest BCUT2D eigenvalue weighted by Gasteiger charge is -2.11. The molecule has 162 valence electrons. The third kappa shape index (κ3) is 5.03. The zero-order chi connectivity index (χ0) is 22.7. The second-order valence-corrected chi connectivity index (χ2v) is 7.76. The molecular formula is C25H18ClF2NO3. The number of nitrogens with one attached hydrogen (secondary N) is 1. The first-order valence-electron chi connectivity index (χ1n) is 9.96. The maximum atomic E-state index is 14.0. The molecule has 4 rings (SSSR count). The highest BCUT2D eigenvalue weighted by Crippen LogP contribution is 2.33. The van der Waals surface area contributed by atoms with Crippen molar-refractivity contribution in [1.82, 2.24) is 5.32 Å². The molecule has 1 saturated carbocycles. The monoisotopic (exact) mass is 453 g/mol. The fourth-order valence-corrected chi connectivity index (χ4v) is 3.27. The zero-order valence-corrected chi connectivity index (χ0v) is 17.5. The molecule has 0 radical (unpaired) electrons. The van der Waals surface area contributed by atoms with Gasteiger partial charge in [-0.1, -0.05) is 41.9 Å². The van der Waals surface area contributed by atoms with Crippen LogP contribution in [0.3, 0.4) is 0 Å². The van der Waals surface area contributed by atoms with Gasteiger partial charge in [0.2, 0.25) is 0 Å². The number of para-hydroxylation sites is 1. The standard InChI is InChI=1S/C25H18ClF2NO3/c26-19-5-3-7-21(28)24(19)32-17-12-8-15(9-13-17)14-22(23(30)16-10-11-16)29-25(31)18-4-1-2-6-20(18)27/h1-9,12-14,16H,10-11H2,(H,29,31)/b22-14-. The van der Waals surface area contributed by atoms with Gasteiger partial charge in [-0.3, -0.25) is 9.59 Å². The van der Waals surface area contributed by atoms with Crippen molar-refractivity contribution in [3.63, 3.8) is 0 Å². The molecule has 0 unspecified atom stereocenters. The van der Waals surface area contributed by atoms with Gasteiger partial charge in [0.25, 0.3) is 5.91 Å². The van der Waals surface area contributed by atoms with Crippen molar-refractivity contribution in [3.8, 4) is 11.5 Å². The summed E-state index contributed by atoms with van der Waals surface area (Å²) in [7, 11) is 0. The molecule has 1 aliphatic rings. The summed E-state index contributed by atoms with van der Waals surface area (Å²) >= 11 is 5.98. The SMILES string of the molecule is O=C(N/C(=C\c1ccc(Oc2c(F)cccc2Cl)cc1)C(=O)C1CC1)c1ccccc1F. The number of ether oxygens (including phenoxy) is 1. The molecule has 1 N–H and O–H groups in total. The molecule has 3 aromatic rings. The Balaban J connectivity index is 1.56. The lowest BCUT2D eigenvalue weighted by molar-refractivity contribution is -0.116. The zero-order valence-electron chi connectivity index (χ0n) is 16.8. The summed E-state index contributed by atoms with van der Waals surface area (Å²) in [6.45, 7) is 0. The summed E-state index contributed by atoms with van der Waals surface area (Å²) in [6.07, 6.45) is 3.03. The molecule has 1 aliphatic carbocycles. The van der Waals surface area contributed by atoms with Crippen molar-refractivity contribution in [2.45, 2.75) is 12.8 Å². The average Bonchev–Trinajstić information content (AvgIpc) is 3.62. The molecule has 0 spiro atoms. The van der Waals surface area contributed by atoms with Crippen LogP contribution < -0.4 is 10.1 Å². The number of halogens is 3. The first kappa shape index (κ1) is 21.7. The molecule has 0 atom stereocenters. The van der Waals surface area contributed by atoms with Crippen molar-refractivity contribution in [1.29, 1.82) is 0 Å². The van der Waals surface area contributed by atoms with Gasteiger partial charge < -0.3 is 10.1 Å². The summed E-state index contributed by atoms with van der Waals surface area (Å²) in [5, 5.41) is 2.69. The Morgan fingerprint density at radius 3 is 2.28 bits per heavy atom. The second-order valence-electron chi connectivity index (χ2n) is 7.35. The molecule has 1 fully saturated rings. The van der Waals surface area contributed by atoms with Crippen molar-refractivity contribution in [3.05, 3.63) is 100 Å². The highest BCUT2D eigenvalue weighted by atomic mass is 35.5. The van der Waals surface area contributed by atoms with E-state index in [9.17, 15) is 18.4 Å². The summed E-state index contributed by atoms with van der Waals surface area (Å²) in [5.41, 5.74) is 0.550. The quantitative estimate of drug-likeness (QED) is 0.436. The van der Waals surface area contributed by atoms with E-state index in [1.165, 1.54) is 42.5 Å². The molecule has 0 aromatic heterocycles. The largest absolute Gasteiger partial charge is 0.453 e. The Morgan fingerprint density at radius 2 is 1.62 bits per heavy atom. The van der Waals surface area contributed by atoms with Gasteiger partial charge in [-0.2, -0.15) is 0 Å². The smallest absolute Gasteiger partial charge is 0.258 e. The molecule has 32 heavy (non-hydrogen) atoms. The number of amides is 1. The maximum Gasteiger partial charge on any atom is 0.258 e. The lowest BCUT2D eigenvalue weighted by atomic mass is 10.1. The van der Waals surface area contributed by atoms with Gasteiger partial charge in [-0.05, 0) is 60.9 Å². The topological polar surface area (TPSA) is 55.4 Å². The minimum Gasteiger partial charge on any atom is -0.453 e. The lowest BCUT2D eigenvalue weighted by Crippen LogP contribution is -2.28.